The summed E-state index contributed by atoms with van der Waals surface area (Å²) in [6.45, 7) is 0. The quantitative estimate of drug-likeness (QED) is 0.777. The van der Waals surface area contributed by atoms with E-state index >= 15 is 0 Å². The van der Waals surface area contributed by atoms with Crippen LogP contribution in [0.5, 0.6) is 0 Å². The molecule has 0 fully saturated rings. The molecule has 2 aliphatic rings. The van der Waals surface area contributed by atoms with E-state index < -0.39 is 0 Å². The Morgan fingerprint density at radius 3 is 2.76 bits per heavy atom. The highest BCUT2D eigenvalue weighted by Gasteiger charge is 2.24. The molecule has 0 spiro atoms. The molecule has 2 heterocycles. The van der Waals surface area contributed by atoms with Gasteiger partial charge in [0.05, 0.1) is 11.3 Å². The Morgan fingerprint density at radius 1 is 1.24 bits per heavy atom. The van der Waals surface area contributed by atoms with Crippen molar-refractivity contribution < 1.29 is 4.79 Å². The number of nitrogens with zero attached hydrogens (tertiary/aromatic N) is 1. The molecule has 2 nitrogen and oxygen atoms in total. The van der Waals surface area contributed by atoms with Gasteiger partial charge < -0.3 is 0 Å². The number of carbonyl (C=O) groups excluding carboxylic acids is 1. The van der Waals surface area contributed by atoms with Crippen LogP contribution >= 0.6 is 23.4 Å². The lowest BCUT2D eigenvalue weighted by Crippen LogP contribution is -2.11. The van der Waals surface area contributed by atoms with Crippen molar-refractivity contribution in [3.63, 3.8) is 0 Å². The fourth-order valence-corrected chi connectivity index (χ4v) is 2.88. The van der Waals surface area contributed by atoms with Gasteiger partial charge in [-0.1, -0.05) is 29.8 Å². The Kier molecular flexibility index (Phi) is 2.65. The number of dihydropyridines is 1. The van der Waals surface area contributed by atoms with Gasteiger partial charge in [-0.15, -0.1) is 11.8 Å². The molecule has 0 atom stereocenters. The number of halogens is 1. The molecule has 3 rings (SSSR count). The van der Waals surface area contributed by atoms with Gasteiger partial charge in [0.2, 0.25) is 0 Å². The molecule has 1 aromatic carbocycles. The lowest BCUT2D eigenvalue weighted by atomic mass is 10.1. The zero-order valence-electron chi connectivity index (χ0n) is 8.81. The van der Waals surface area contributed by atoms with E-state index in [1.807, 2.05) is 24.3 Å². The summed E-state index contributed by atoms with van der Waals surface area (Å²) in [5.74, 6) is 0.716. The van der Waals surface area contributed by atoms with Crippen LogP contribution in [0.4, 0.5) is 0 Å². The van der Waals surface area contributed by atoms with Gasteiger partial charge >= 0.3 is 0 Å². The first-order valence-electron chi connectivity index (χ1n) is 5.18. The van der Waals surface area contributed by atoms with Gasteiger partial charge in [-0.2, -0.15) is 0 Å². The molecule has 1 amide bonds. The third-order valence-electron chi connectivity index (χ3n) is 2.65. The number of aliphatic imine (C=N–C) groups is 1. The monoisotopic (exact) mass is 261 g/mol. The lowest BCUT2D eigenvalue weighted by molar-refractivity contribution is -0.114. The van der Waals surface area contributed by atoms with Crippen molar-refractivity contribution in [3.05, 3.63) is 57.5 Å². The number of benzene rings is 1. The zero-order valence-corrected chi connectivity index (χ0v) is 10.4. The Morgan fingerprint density at radius 2 is 2.00 bits per heavy atom. The van der Waals surface area contributed by atoms with E-state index in [0.717, 1.165) is 21.8 Å². The predicted octanol–water partition coefficient (Wildman–Crippen LogP) is 3.23. The van der Waals surface area contributed by atoms with Gasteiger partial charge in [0, 0.05) is 21.2 Å². The summed E-state index contributed by atoms with van der Waals surface area (Å²) >= 11 is 7.51. The first-order chi connectivity index (χ1) is 8.24. The molecule has 1 aromatic rings. The molecule has 4 heteroatoms. The summed E-state index contributed by atoms with van der Waals surface area (Å²) in [5, 5.41) is 0.681. The van der Waals surface area contributed by atoms with Gasteiger partial charge in [-0.25, -0.2) is 4.99 Å². The normalized spacial score (nSPS) is 18.4. The van der Waals surface area contributed by atoms with Gasteiger partial charge in [0.15, 0.2) is 0 Å². The van der Waals surface area contributed by atoms with Crippen LogP contribution in [0.15, 0.2) is 51.9 Å². The second-order valence-corrected chi connectivity index (χ2v) is 5.24. The number of hydrogen-bond acceptors (Lipinski definition) is 2. The van der Waals surface area contributed by atoms with Gasteiger partial charge in [0.25, 0.3) is 5.91 Å². The van der Waals surface area contributed by atoms with Crippen molar-refractivity contribution in [2.24, 2.45) is 4.99 Å². The van der Waals surface area contributed by atoms with Gasteiger partial charge in [0.1, 0.15) is 0 Å². The smallest absolute Gasteiger partial charge is 0.267 e. The van der Waals surface area contributed by atoms with Crippen LogP contribution in [-0.4, -0.2) is 17.4 Å². The number of allylic oxidation sites excluding steroid dienone is 1. The summed E-state index contributed by atoms with van der Waals surface area (Å²) in [4.78, 5) is 16.9. The van der Waals surface area contributed by atoms with Crippen molar-refractivity contribution in [3.8, 4) is 0 Å². The minimum absolute atomic E-state index is 0.141. The summed E-state index contributed by atoms with van der Waals surface area (Å²) in [6.07, 6.45) is 3.90. The topological polar surface area (TPSA) is 29.4 Å². The fourth-order valence-electron chi connectivity index (χ4n) is 1.80. The van der Waals surface area contributed by atoms with Crippen molar-refractivity contribution in [2.75, 3.05) is 5.75 Å². The fraction of sp³-hybridized carbons (Fsp3) is 0.0769. The molecule has 0 bridgehead atoms. The summed E-state index contributed by atoms with van der Waals surface area (Å²) in [6, 6.07) is 7.35. The average molecular weight is 262 g/mol. The maximum atomic E-state index is 11.8. The highest BCUT2D eigenvalue weighted by molar-refractivity contribution is 8.03. The number of hydrogen-bond donors (Lipinski definition) is 0. The van der Waals surface area contributed by atoms with Crippen molar-refractivity contribution >= 4 is 35.0 Å². The highest BCUT2D eigenvalue weighted by atomic mass is 35.5. The van der Waals surface area contributed by atoms with E-state index in [2.05, 4.69) is 4.99 Å². The minimum atomic E-state index is -0.141. The first-order valence-corrected chi connectivity index (χ1v) is 6.54. The number of carbonyl (C=O) groups is 1. The van der Waals surface area contributed by atoms with Crippen molar-refractivity contribution in [1.29, 1.82) is 0 Å². The van der Waals surface area contributed by atoms with Crippen LogP contribution in [0.3, 0.4) is 0 Å². The molecule has 2 aliphatic heterocycles. The Hall–Kier alpha value is -1.32. The Balaban J connectivity index is 2.03. The number of thioether (sulfide) groups is 1. The molecule has 0 radical (unpaired) electrons. The van der Waals surface area contributed by atoms with Gasteiger partial charge in [-0.05, 0) is 18.2 Å². The zero-order chi connectivity index (χ0) is 11.8. The SMILES string of the molecule is O=C1N=C(c2ccc(Cl)cc2)C=C2SCC=C12. The second-order valence-electron chi connectivity index (χ2n) is 3.75. The van der Waals surface area contributed by atoms with Gasteiger partial charge in [-0.3, -0.25) is 4.79 Å². The predicted molar refractivity (Wildman–Crippen MR) is 71.6 cm³/mol. The molecule has 0 aliphatic carbocycles. The molecule has 0 N–H and O–H groups in total. The maximum absolute atomic E-state index is 11.8. The third-order valence-corrected chi connectivity index (χ3v) is 3.89. The van der Waals surface area contributed by atoms with Crippen LogP contribution in [0, 0.1) is 0 Å². The molecule has 84 valence electrons. The molecular formula is C13H8ClNOS. The number of amides is 1. The molecule has 0 saturated heterocycles. The standard InChI is InChI=1S/C13H8ClNOS/c14-9-3-1-8(2-4-9)11-7-12-10(5-6-17-12)13(16)15-11/h1-5,7H,6H2. The van der Waals surface area contributed by atoms with E-state index in [1.165, 1.54) is 0 Å². The molecule has 0 unspecified atom stereocenters. The Bertz CT molecular complexity index is 584. The Labute approximate surface area is 108 Å². The van der Waals surface area contributed by atoms with Crippen molar-refractivity contribution in [2.45, 2.75) is 0 Å². The van der Waals surface area contributed by atoms with E-state index in [0.29, 0.717) is 10.7 Å². The summed E-state index contributed by atoms with van der Waals surface area (Å²) in [5.41, 5.74) is 2.38. The molecule has 17 heavy (non-hydrogen) atoms. The van der Waals surface area contributed by atoms with Crippen LogP contribution in [-0.2, 0) is 4.79 Å². The van der Waals surface area contributed by atoms with E-state index in [-0.39, 0.29) is 5.91 Å². The van der Waals surface area contributed by atoms with E-state index in [4.69, 9.17) is 11.6 Å². The van der Waals surface area contributed by atoms with Crippen LogP contribution in [0.25, 0.3) is 0 Å². The molecular weight excluding hydrogens is 254 g/mol. The average Bonchev–Trinajstić information content (AvgIpc) is 2.78. The summed E-state index contributed by atoms with van der Waals surface area (Å²) in [7, 11) is 0. The first kappa shape index (κ1) is 10.8. The highest BCUT2D eigenvalue weighted by Crippen LogP contribution is 2.34. The van der Waals surface area contributed by atoms with E-state index in [1.54, 1.807) is 23.9 Å². The van der Waals surface area contributed by atoms with Crippen LogP contribution < -0.4 is 0 Å². The van der Waals surface area contributed by atoms with Crippen LogP contribution in [0.1, 0.15) is 5.56 Å². The third kappa shape index (κ3) is 1.96. The maximum Gasteiger partial charge on any atom is 0.278 e. The second kappa shape index (κ2) is 4.17. The number of rotatable bonds is 1. The summed E-state index contributed by atoms with van der Waals surface area (Å²) < 4.78 is 0. The molecule has 0 saturated carbocycles. The lowest BCUT2D eigenvalue weighted by Gasteiger charge is -2.10. The largest absolute Gasteiger partial charge is 0.278 e. The molecule has 0 aromatic heterocycles. The van der Waals surface area contributed by atoms with Crippen LogP contribution in [0.2, 0.25) is 5.02 Å². The number of fused-ring (bicyclic) bond motifs is 1. The minimum Gasteiger partial charge on any atom is -0.267 e. The van der Waals surface area contributed by atoms with Crippen molar-refractivity contribution in [1.82, 2.24) is 0 Å². The van der Waals surface area contributed by atoms with E-state index in [9.17, 15) is 4.79 Å².